The highest BCUT2D eigenvalue weighted by Crippen LogP contribution is 2.12. The van der Waals surface area contributed by atoms with Gasteiger partial charge >= 0.3 is 6.09 Å². The summed E-state index contributed by atoms with van der Waals surface area (Å²) in [6.07, 6.45) is 4.72. The SMILES string of the molecule is CCCC(CC)NCCCN1CCN(C(=O)OC(C)(C)C)CC1. The molecule has 1 aliphatic rings. The summed E-state index contributed by atoms with van der Waals surface area (Å²) >= 11 is 0. The molecule has 5 heteroatoms. The zero-order valence-electron chi connectivity index (χ0n) is 15.9. The maximum atomic E-state index is 12.0. The molecule has 0 spiro atoms. The Balaban J connectivity index is 2.15. The highest BCUT2D eigenvalue weighted by Gasteiger charge is 2.25. The first kappa shape index (κ1) is 20.2. The summed E-state index contributed by atoms with van der Waals surface area (Å²) < 4.78 is 5.43. The van der Waals surface area contributed by atoms with Crippen molar-refractivity contribution in [1.82, 2.24) is 15.1 Å². The maximum absolute atomic E-state index is 12.0. The van der Waals surface area contributed by atoms with E-state index < -0.39 is 5.60 Å². The number of piperazine rings is 1. The van der Waals surface area contributed by atoms with Crippen LogP contribution in [0.5, 0.6) is 0 Å². The van der Waals surface area contributed by atoms with E-state index in [1.54, 1.807) is 0 Å². The predicted molar refractivity (Wildman–Crippen MR) is 95.9 cm³/mol. The first-order valence-electron chi connectivity index (χ1n) is 9.29. The molecule has 1 unspecified atom stereocenters. The van der Waals surface area contributed by atoms with Crippen molar-refractivity contribution in [2.45, 2.75) is 71.9 Å². The molecular formula is C18H37N3O2. The van der Waals surface area contributed by atoms with Crippen LogP contribution in [0.4, 0.5) is 4.79 Å². The van der Waals surface area contributed by atoms with Gasteiger partial charge in [-0.3, -0.25) is 4.90 Å². The van der Waals surface area contributed by atoms with Crippen molar-refractivity contribution in [1.29, 1.82) is 0 Å². The molecule has 1 fully saturated rings. The van der Waals surface area contributed by atoms with Gasteiger partial charge in [0.1, 0.15) is 5.60 Å². The van der Waals surface area contributed by atoms with Crippen molar-refractivity contribution in [2.24, 2.45) is 0 Å². The second-order valence-corrected chi connectivity index (χ2v) is 7.51. The number of carbonyl (C=O) groups is 1. The van der Waals surface area contributed by atoms with Gasteiger partial charge in [-0.15, -0.1) is 0 Å². The Kier molecular flexibility index (Phi) is 8.92. The highest BCUT2D eigenvalue weighted by atomic mass is 16.6. The van der Waals surface area contributed by atoms with Crippen LogP contribution >= 0.6 is 0 Å². The van der Waals surface area contributed by atoms with Gasteiger partial charge in [0, 0.05) is 32.2 Å². The molecule has 23 heavy (non-hydrogen) atoms. The third kappa shape index (κ3) is 8.56. The van der Waals surface area contributed by atoms with E-state index in [4.69, 9.17) is 4.74 Å². The Morgan fingerprint density at radius 1 is 1.17 bits per heavy atom. The van der Waals surface area contributed by atoms with E-state index in [1.807, 2.05) is 25.7 Å². The summed E-state index contributed by atoms with van der Waals surface area (Å²) in [4.78, 5) is 16.3. The molecule has 1 atom stereocenters. The van der Waals surface area contributed by atoms with Crippen LogP contribution in [-0.2, 0) is 4.74 Å². The molecular weight excluding hydrogens is 290 g/mol. The number of ether oxygens (including phenoxy) is 1. The molecule has 5 nitrogen and oxygen atoms in total. The van der Waals surface area contributed by atoms with Crippen LogP contribution < -0.4 is 5.32 Å². The number of hydrogen-bond donors (Lipinski definition) is 1. The van der Waals surface area contributed by atoms with E-state index >= 15 is 0 Å². The van der Waals surface area contributed by atoms with Crippen LogP contribution in [0.25, 0.3) is 0 Å². The van der Waals surface area contributed by atoms with Gasteiger partial charge in [-0.2, -0.15) is 0 Å². The number of nitrogens with one attached hydrogen (secondary N) is 1. The highest BCUT2D eigenvalue weighted by molar-refractivity contribution is 5.68. The molecule has 1 heterocycles. The molecule has 1 saturated heterocycles. The zero-order valence-corrected chi connectivity index (χ0v) is 15.9. The van der Waals surface area contributed by atoms with Gasteiger partial charge in [-0.1, -0.05) is 20.3 Å². The minimum atomic E-state index is -0.409. The first-order valence-corrected chi connectivity index (χ1v) is 9.29. The van der Waals surface area contributed by atoms with Gasteiger partial charge < -0.3 is 15.0 Å². The van der Waals surface area contributed by atoms with Crippen LogP contribution in [0, 0.1) is 0 Å². The largest absolute Gasteiger partial charge is 0.444 e. The molecule has 0 saturated carbocycles. The summed E-state index contributed by atoms with van der Waals surface area (Å²) in [5.74, 6) is 0. The third-order valence-corrected chi connectivity index (χ3v) is 4.24. The van der Waals surface area contributed by atoms with Crippen molar-refractivity contribution in [3.05, 3.63) is 0 Å². The maximum Gasteiger partial charge on any atom is 0.410 e. The number of rotatable bonds is 8. The Hall–Kier alpha value is -0.810. The molecule has 1 amide bonds. The molecule has 0 aliphatic carbocycles. The molecule has 1 aliphatic heterocycles. The second-order valence-electron chi connectivity index (χ2n) is 7.51. The monoisotopic (exact) mass is 327 g/mol. The van der Waals surface area contributed by atoms with Crippen LogP contribution in [0.15, 0.2) is 0 Å². The standard InChI is InChI=1S/C18H37N3O2/c1-6-9-16(7-2)19-10-8-11-20-12-14-21(15-13-20)17(22)23-18(3,4)5/h16,19H,6-15H2,1-5H3. The summed E-state index contributed by atoms with van der Waals surface area (Å²) in [5, 5.41) is 3.65. The van der Waals surface area contributed by atoms with Gasteiger partial charge in [0.05, 0.1) is 0 Å². The van der Waals surface area contributed by atoms with Gasteiger partial charge in [-0.05, 0) is 53.1 Å². The molecule has 136 valence electrons. The number of nitrogens with zero attached hydrogens (tertiary/aromatic N) is 2. The number of amides is 1. The van der Waals surface area contributed by atoms with E-state index in [0.717, 1.165) is 39.3 Å². The first-order chi connectivity index (χ1) is 10.9. The molecule has 1 rings (SSSR count). The van der Waals surface area contributed by atoms with Gasteiger partial charge in [0.15, 0.2) is 0 Å². The van der Waals surface area contributed by atoms with Crippen LogP contribution in [0.1, 0.15) is 60.3 Å². The number of carbonyl (C=O) groups excluding carboxylic acids is 1. The summed E-state index contributed by atoms with van der Waals surface area (Å²) in [6, 6.07) is 0.670. The second kappa shape index (κ2) is 10.1. The van der Waals surface area contributed by atoms with Crippen LogP contribution in [0.2, 0.25) is 0 Å². The van der Waals surface area contributed by atoms with Gasteiger partial charge in [0.2, 0.25) is 0 Å². The molecule has 0 bridgehead atoms. The van der Waals surface area contributed by atoms with Crippen LogP contribution in [0.3, 0.4) is 0 Å². The summed E-state index contributed by atoms with van der Waals surface area (Å²) in [7, 11) is 0. The Morgan fingerprint density at radius 3 is 2.35 bits per heavy atom. The predicted octanol–water partition coefficient (Wildman–Crippen LogP) is 3.10. The van der Waals surface area contributed by atoms with E-state index in [2.05, 4.69) is 24.1 Å². The summed E-state index contributed by atoms with van der Waals surface area (Å²) in [5.41, 5.74) is -0.409. The minimum absolute atomic E-state index is 0.177. The fourth-order valence-corrected chi connectivity index (χ4v) is 2.89. The minimum Gasteiger partial charge on any atom is -0.444 e. The molecule has 0 radical (unpaired) electrons. The average molecular weight is 328 g/mol. The van der Waals surface area contributed by atoms with E-state index in [-0.39, 0.29) is 6.09 Å². The van der Waals surface area contributed by atoms with Crippen molar-refractivity contribution < 1.29 is 9.53 Å². The van der Waals surface area contributed by atoms with Crippen LogP contribution in [-0.4, -0.2) is 66.8 Å². The lowest BCUT2D eigenvalue weighted by atomic mass is 10.1. The zero-order chi connectivity index (χ0) is 17.3. The van der Waals surface area contributed by atoms with E-state index in [1.165, 1.54) is 25.7 Å². The normalized spacial score (nSPS) is 18.0. The van der Waals surface area contributed by atoms with Gasteiger partial charge in [0.25, 0.3) is 0 Å². The quantitative estimate of drug-likeness (QED) is 0.696. The molecule has 0 aromatic heterocycles. The third-order valence-electron chi connectivity index (χ3n) is 4.24. The molecule has 0 aromatic carbocycles. The molecule has 0 aromatic rings. The Labute approximate surface area is 142 Å². The average Bonchev–Trinajstić information content (AvgIpc) is 2.49. The van der Waals surface area contributed by atoms with Crippen molar-refractivity contribution in [2.75, 3.05) is 39.3 Å². The van der Waals surface area contributed by atoms with Crippen molar-refractivity contribution in [3.8, 4) is 0 Å². The Morgan fingerprint density at radius 2 is 1.83 bits per heavy atom. The van der Waals surface area contributed by atoms with E-state index in [0.29, 0.717) is 6.04 Å². The molecule has 1 N–H and O–H groups in total. The smallest absolute Gasteiger partial charge is 0.410 e. The fourth-order valence-electron chi connectivity index (χ4n) is 2.89. The van der Waals surface area contributed by atoms with Gasteiger partial charge in [-0.25, -0.2) is 4.79 Å². The lowest BCUT2D eigenvalue weighted by Crippen LogP contribution is -2.50. The van der Waals surface area contributed by atoms with Crippen molar-refractivity contribution in [3.63, 3.8) is 0 Å². The topological polar surface area (TPSA) is 44.8 Å². The number of hydrogen-bond acceptors (Lipinski definition) is 4. The lowest BCUT2D eigenvalue weighted by molar-refractivity contribution is 0.0144. The summed E-state index contributed by atoms with van der Waals surface area (Å²) in [6.45, 7) is 15.9. The fraction of sp³-hybridized carbons (Fsp3) is 0.944. The van der Waals surface area contributed by atoms with Crippen molar-refractivity contribution >= 4 is 6.09 Å². The Bertz CT molecular complexity index is 334. The lowest BCUT2D eigenvalue weighted by Gasteiger charge is -2.35. The van der Waals surface area contributed by atoms with E-state index in [9.17, 15) is 4.79 Å².